The molecule has 1 atom stereocenters. The summed E-state index contributed by atoms with van der Waals surface area (Å²) >= 11 is 0. The second-order valence-electron chi connectivity index (χ2n) is 8.96. The molecule has 1 unspecified atom stereocenters. The third kappa shape index (κ3) is 4.84. The lowest BCUT2D eigenvalue weighted by atomic mass is 9.96. The highest BCUT2D eigenvalue weighted by Gasteiger charge is 2.33. The summed E-state index contributed by atoms with van der Waals surface area (Å²) in [5.41, 5.74) is 0.363. The predicted molar refractivity (Wildman–Crippen MR) is 120 cm³/mol. The van der Waals surface area contributed by atoms with Gasteiger partial charge in [0.1, 0.15) is 6.10 Å². The van der Waals surface area contributed by atoms with Gasteiger partial charge in [-0.05, 0) is 43.9 Å². The number of rotatable bonds is 5. The highest BCUT2D eigenvalue weighted by molar-refractivity contribution is 7.89. The van der Waals surface area contributed by atoms with Gasteiger partial charge >= 0.3 is 0 Å². The Morgan fingerprint density at radius 3 is 2.31 bits per heavy atom. The smallest absolute Gasteiger partial charge is 0.254 e. The minimum atomic E-state index is -3.66. The summed E-state index contributed by atoms with van der Waals surface area (Å²) < 4.78 is 33.3. The number of carbonyl (C=O) groups excluding carboxylic acids is 2. The number of amides is 2. The average Bonchev–Trinajstić information content (AvgIpc) is 3.38. The molecule has 9 heteroatoms. The van der Waals surface area contributed by atoms with Crippen molar-refractivity contribution in [2.24, 2.45) is 0 Å². The van der Waals surface area contributed by atoms with Crippen molar-refractivity contribution >= 4 is 21.8 Å². The molecule has 3 fully saturated rings. The van der Waals surface area contributed by atoms with Gasteiger partial charge in [0.15, 0.2) is 0 Å². The van der Waals surface area contributed by atoms with Crippen molar-refractivity contribution in [1.82, 2.24) is 14.1 Å². The van der Waals surface area contributed by atoms with Gasteiger partial charge in [0.05, 0.1) is 4.90 Å². The number of hydrogen-bond donors (Lipinski definition) is 0. The summed E-state index contributed by atoms with van der Waals surface area (Å²) in [5, 5.41) is 0. The zero-order valence-electron chi connectivity index (χ0n) is 18.7. The molecule has 0 aromatic heterocycles. The summed E-state index contributed by atoms with van der Waals surface area (Å²) in [7, 11) is -2.02. The number of nitrogens with zero attached hydrogens (tertiary/aromatic N) is 3. The summed E-state index contributed by atoms with van der Waals surface area (Å²) in [6, 6.07) is 6.35. The number of sulfonamides is 1. The largest absolute Gasteiger partial charge is 0.368 e. The number of benzene rings is 1. The standard InChI is InChI=1S/C23H33N3O5S/c1-24(19-8-3-2-4-9-19)32(29,30)20-10-5-7-18(17-20)22(27)25-12-14-26(15-13-25)23(28)21-11-6-16-31-21/h5,7,10,17,19,21H,2-4,6,8-9,11-16H2,1H3. The zero-order valence-corrected chi connectivity index (χ0v) is 19.6. The first-order valence-corrected chi connectivity index (χ1v) is 13.1. The molecule has 2 aliphatic heterocycles. The molecule has 1 aliphatic carbocycles. The van der Waals surface area contributed by atoms with Crippen LogP contribution in [0.3, 0.4) is 0 Å². The van der Waals surface area contributed by atoms with Crippen molar-refractivity contribution < 1.29 is 22.7 Å². The zero-order chi connectivity index (χ0) is 22.7. The Bertz CT molecular complexity index is 931. The molecular weight excluding hydrogens is 430 g/mol. The van der Waals surface area contributed by atoms with Gasteiger partial charge in [0.25, 0.3) is 11.8 Å². The minimum absolute atomic E-state index is 0.00781. The van der Waals surface area contributed by atoms with Crippen molar-refractivity contribution in [2.75, 3.05) is 39.8 Å². The van der Waals surface area contributed by atoms with Gasteiger partial charge in [-0.2, -0.15) is 4.31 Å². The normalized spacial score (nSPS) is 23.0. The van der Waals surface area contributed by atoms with Crippen LogP contribution in [-0.4, -0.2) is 86.3 Å². The average molecular weight is 464 g/mol. The van der Waals surface area contributed by atoms with Gasteiger partial charge in [0.2, 0.25) is 10.0 Å². The topological polar surface area (TPSA) is 87.2 Å². The number of piperazine rings is 1. The lowest BCUT2D eigenvalue weighted by Crippen LogP contribution is -2.52. The van der Waals surface area contributed by atoms with E-state index in [-0.39, 0.29) is 28.9 Å². The molecule has 2 amide bonds. The number of carbonyl (C=O) groups is 2. The summed E-state index contributed by atoms with van der Waals surface area (Å²) in [5.74, 6) is -0.194. The molecule has 1 saturated carbocycles. The molecule has 8 nitrogen and oxygen atoms in total. The van der Waals surface area contributed by atoms with Crippen LogP contribution in [0, 0.1) is 0 Å². The van der Waals surface area contributed by atoms with E-state index in [1.807, 2.05) is 0 Å². The third-order valence-corrected chi connectivity index (χ3v) is 8.84. The minimum Gasteiger partial charge on any atom is -0.368 e. The van der Waals surface area contributed by atoms with Gasteiger partial charge in [-0.25, -0.2) is 8.42 Å². The molecule has 1 aromatic carbocycles. The summed E-state index contributed by atoms with van der Waals surface area (Å²) in [6.07, 6.45) is 6.32. The maximum absolute atomic E-state index is 13.2. The molecule has 0 radical (unpaired) electrons. The highest BCUT2D eigenvalue weighted by Crippen LogP contribution is 2.27. The van der Waals surface area contributed by atoms with Gasteiger partial charge in [0, 0.05) is 51.4 Å². The van der Waals surface area contributed by atoms with Crippen LogP contribution in [0.4, 0.5) is 0 Å². The van der Waals surface area contributed by atoms with Gasteiger partial charge in [-0.15, -0.1) is 0 Å². The van der Waals surface area contributed by atoms with Crippen molar-refractivity contribution in [2.45, 2.75) is 62.0 Å². The van der Waals surface area contributed by atoms with Crippen LogP contribution in [0.25, 0.3) is 0 Å². The Morgan fingerprint density at radius 1 is 0.969 bits per heavy atom. The fourth-order valence-corrected chi connectivity index (χ4v) is 6.35. The van der Waals surface area contributed by atoms with E-state index in [1.165, 1.54) is 10.4 Å². The van der Waals surface area contributed by atoms with E-state index in [0.717, 1.165) is 44.9 Å². The number of ether oxygens (including phenoxy) is 1. The lowest BCUT2D eigenvalue weighted by molar-refractivity contribution is -0.142. The number of hydrogen-bond acceptors (Lipinski definition) is 5. The first-order valence-electron chi connectivity index (χ1n) is 11.7. The van der Waals surface area contributed by atoms with E-state index < -0.39 is 10.0 Å². The molecule has 1 aromatic rings. The van der Waals surface area contributed by atoms with E-state index in [0.29, 0.717) is 38.3 Å². The molecular formula is C23H33N3O5S. The first-order chi connectivity index (χ1) is 15.4. The maximum Gasteiger partial charge on any atom is 0.254 e. The van der Waals surface area contributed by atoms with E-state index in [2.05, 4.69) is 0 Å². The lowest BCUT2D eigenvalue weighted by Gasteiger charge is -2.35. The Kier molecular flexibility index (Phi) is 7.17. The highest BCUT2D eigenvalue weighted by atomic mass is 32.2. The summed E-state index contributed by atoms with van der Waals surface area (Å²) in [6.45, 7) is 2.41. The van der Waals surface area contributed by atoms with E-state index in [9.17, 15) is 18.0 Å². The fourth-order valence-electron chi connectivity index (χ4n) is 4.89. The Morgan fingerprint density at radius 2 is 1.66 bits per heavy atom. The van der Waals surface area contributed by atoms with Gasteiger partial charge in [-0.1, -0.05) is 25.3 Å². The van der Waals surface area contributed by atoms with Crippen LogP contribution in [0.5, 0.6) is 0 Å². The van der Waals surface area contributed by atoms with Crippen LogP contribution in [0.15, 0.2) is 29.2 Å². The predicted octanol–water partition coefficient (Wildman–Crippen LogP) is 2.10. The first kappa shape index (κ1) is 23.2. The van der Waals surface area contributed by atoms with Crippen LogP contribution in [-0.2, 0) is 19.6 Å². The van der Waals surface area contributed by atoms with E-state index in [4.69, 9.17) is 4.74 Å². The van der Waals surface area contributed by atoms with Crippen molar-refractivity contribution in [3.05, 3.63) is 29.8 Å². The summed E-state index contributed by atoms with van der Waals surface area (Å²) in [4.78, 5) is 29.2. The van der Waals surface area contributed by atoms with Crippen LogP contribution in [0.2, 0.25) is 0 Å². The second kappa shape index (κ2) is 9.89. The Balaban J connectivity index is 1.40. The van der Waals surface area contributed by atoms with E-state index >= 15 is 0 Å². The molecule has 3 aliphatic rings. The quantitative estimate of drug-likeness (QED) is 0.667. The monoisotopic (exact) mass is 463 g/mol. The van der Waals surface area contributed by atoms with Crippen molar-refractivity contribution in [1.29, 1.82) is 0 Å². The second-order valence-corrected chi connectivity index (χ2v) is 11.0. The molecule has 176 valence electrons. The van der Waals surface area contributed by atoms with E-state index in [1.54, 1.807) is 35.0 Å². The molecule has 0 bridgehead atoms. The molecule has 4 rings (SSSR count). The molecule has 32 heavy (non-hydrogen) atoms. The molecule has 2 heterocycles. The van der Waals surface area contributed by atoms with Crippen LogP contribution in [0.1, 0.15) is 55.3 Å². The van der Waals surface area contributed by atoms with Crippen LogP contribution >= 0.6 is 0 Å². The molecule has 0 N–H and O–H groups in total. The fraction of sp³-hybridized carbons (Fsp3) is 0.652. The Labute approximate surface area is 190 Å². The van der Waals surface area contributed by atoms with Crippen molar-refractivity contribution in [3.63, 3.8) is 0 Å². The third-order valence-electron chi connectivity index (χ3n) is 6.93. The molecule has 2 saturated heterocycles. The van der Waals surface area contributed by atoms with Gasteiger partial charge < -0.3 is 14.5 Å². The maximum atomic E-state index is 13.2. The van der Waals surface area contributed by atoms with Gasteiger partial charge in [-0.3, -0.25) is 9.59 Å². The van der Waals surface area contributed by atoms with Crippen LogP contribution < -0.4 is 0 Å². The van der Waals surface area contributed by atoms with Crippen molar-refractivity contribution in [3.8, 4) is 0 Å². The SMILES string of the molecule is CN(C1CCCCC1)S(=O)(=O)c1cccc(C(=O)N2CCN(C(=O)C3CCCO3)CC2)c1. The molecule has 0 spiro atoms. The Hall–Kier alpha value is -1.97.